The molecule has 4 rings (SSSR count). The number of alkyl halides is 4. The van der Waals surface area contributed by atoms with Crippen LogP contribution in [0, 0.1) is 5.92 Å². The zero-order chi connectivity index (χ0) is 26.6. The Morgan fingerprint density at radius 1 is 1.08 bits per heavy atom. The number of amides is 2. The van der Waals surface area contributed by atoms with Crippen LogP contribution in [0.3, 0.4) is 0 Å². The summed E-state index contributed by atoms with van der Waals surface area (Å²) in [6, 6.07) is 13.1. The van der Waals surface area contributed by atoms with Gasteiger partial charge in [-0.05, 0) is 49.4 Å². The number of aliphatic hydroxyl groups is 1. The Kier molecular flexibility index (Phi) is 8.18. The molecule has 4 unspecified atom stereocenters. The Morgan fingerprint density at radius 2 is 1.84 bits per heavy atom. The van der Waals surface area contributed by atoms with E-state index in [1.54, 1.807) is 0 Å². The smallest absolute Gasteiger partial charge is 0.385 e. The van der Waals surface area contributed by atoms with Crippen LogP contribution in [-0.2, 0) is 16.6 Å². The molecule has 6 nitrogen and oxygen atoms in total. The molecular weight excluding hydrogens is 490 g/mol. The van der Waals surface area contributed by atoms with Crippen LogP contribution in [0.4, 0.5) is 17.6 Å². The molecule has 1 aliphatic carbocycles. The average Bonchev–Trinajstić information content (AvgIpc) is 3.36. The van der Waals surface area contributed by atoms with E-state index >= 15 is 0 Å². The van der Waals surface area contributed by atoms with Gasteiger partial charge in [0.1, 0.15) is 0 Å². The summed E-state index contributed by atoms with van der Waals surface area (Å²) in [5, 5.41) is 16.5. The minimum atomic E-state index is -4.56. The highest BCUT2D eigenvalue weighted by atomic mass is 19.4. The quantitative estimate of drug-likeness (QED) is 0.486. The maximum absolute atomic E-state index is 14.0. The maximum Gasteiger partial charge on any atom is 0.416 e. The molecular formula is C27H31F4N3O3. The summed E-state index contributed by atoms with van der Waals surface area (Å²) < 4.78 is 52.6. The zero-order valence-electron chi connectivity index (χ0n) is 20.3. The molecule has 200 valence electrons. The van der Waals surface area contributed by atoms with E-state index in [4.69, 9.17) is 0 Å². The molecule has 2 amide bonds. The lowest BCUT2D eigenvalue weighted by Gasteiger charge is -2.45. The molecule has 1 heterocycles. The summed E-state index contributed by atoms with van der Waals surface area (Å²) in [4.78, 5) is 26.8. The van der Waals surface area contributed by atoms with E-state index in [0.717, 1.165) is 30.3 Å². The van der Waals surface area contributed by atoms with Crippen LogP contribution >= 0.6 is 0 Å². The maximum atomic E-state index is 14.0. The first-order chi connectivity index (χ1) is 17.6. The molecule has 1 saturated carbocycles. The second-order valence-corrected chi connectivity index (χ2v) is 9.88. The standard InChI is InChI=1S/C27H31F4N3O3/c28-15-21-14-23(9-11-26(21,37)19-6-2-1-3-7-19)34-12-10-22(17-34)33-24(35)16-32-25(36)18-5-4-8-20(13-18)27(29,30)31/h1-8,13,21-23,37H,9-12,14-17H2,(H,32,36)(H,33,35). The van der Waals surface area contributed by atoms with Crippen molar-refractivity contribution in [1.29, 1.82) is 0 Å². The number of carbonyl (C=O) groups is 2. The minimum Gasteiger partial charge on any atom is -0.385 e. The topological polar surface area (TPSA) is 81.7 Å². The number of carbonyl (C=O) groups excluding carboxylic acids is 2. The number of benzene rings is 2. The van der Waals surface area contributed by atoms with Gasteiger partial charge in [-0.2, -0.15) is 13.2 Å². The molecule has 2 fully saturated rings. The molecule has 0 spiro atoms. The van der Waals surface area contributed by atoms with Crippen molar-refractivity contribution in [3.63, 3.8) is 0 Å². The van der Waals surface area contributed by atoms with Crippen LogP contribution in [0.25, 0.3) is 0 Å². The normalized spacial score (nSPS) is 26.6. The number of halogens is 4. The molecule has 1 aliphatic heterocycles. The monoisotopic (exact) mass is 521 g/mol. The van der Waals surface area contributed by atoms with Crippen molar-refractivity contribution in [3.05, 3.63) is 71.3 Å². The van der Waals surface area contributed by atoms with Gasteiger partial charge in [-0.25, -0.2) is 0 Å². The SMILES string of the molecule is O=C(CNC(=O)c1cccc(C(F)(F)F)c1)NC1CCN(C2CCC(O)(c3ccccc3)C(CF)C2)C1. The molecule has 0 aromatic heterocycles. The van der Waals surface area contributed by atoms with E-state index in [9.17, 15) is 32.3 Å². The number of nitrogens with one attached hydrogen (secondary N) is 2. The Balaban J connectivity index is 1.26. The predicted octanol–water partition coefficient (Wildman–Crippen LogP) is 3.65. The third-order valence-corrected chi connectivity index (χ3v) is 7.51. The highest BCUT2D eigenvalue weighted by Crippen LogP contribution is 2.43. The molecule has 2 aliphatic rings. The van der Waals surface area contributed by atoms with Crippen molar-refractivity contribution >= 4 is 11.8 Å². The lowest BCUT2D eigenvalue weighted by molar-refractivity contribution is -0.137. The van der Waals surface area contributed by atoms with Crippen molar-refractivity contribution in [2.24, 2.45) is 5.92 Å². The van der Waals surface area contributed by atoms with Gasteiger partial charge in [-0.3, -0.25) is 18.9 Å². The second-order valence-electron chi connectivity index (χ2n) is 9.88. The summed E-state index contributed by atoms with van der Waals surface area (Å²) in [6.45, 7) is 0.306. The Morgan fingerprint density at radius 3 is 2.54 bits per heavy atom. The molecule has 2 aromatic rings. The van der Waals surface area contributed by atoms with Crippen molar-refractivity contribution in [2.75, 3.05) is 26.3 Å². The number of nitrogens with zero attached hydrogens (tertiary/aromatic N) is 1. The Bertz CT molecular complexity index is 1100. The van der Waals surface area contributed by atoms with Crippen LogP contribution in [0.1, 0.15) is 47.2 Å². The van der Waals surface area contributed by atoms with Crippen LogP contribution < -0.4 is 10.6 Å². The fourth-order valence-corrected chi connectivity index (χ4v) is 5.48. The van der Waals surface area contributed by atoms with E-state index in [0.29, 0.717) is 32.2 Å². The van der Waals surface area contributed by atoms with E-state index < -0.39 is 41.7 Å². The Labute approximate surface area is 213 Å². The third kappa shape index (κ3) is 6.30. The molecule has 2 aromatic carbocycles. The second kappa shape index (κ2) is 11.2. The lowest BCUT2D eigenvalue weighted by atomic mass is 9.70. The summed E-state index contributed by atoms with van der Waals surface area (Å²) in [7, 11) is 0. The number of hydrogen-bond acceptors (Lipinski definition) is 4. The Hall–Kier alpha value is -2.98. The van der Waals surface area contributed by atoms with Crippen molar-refractivity contribution in [3.8, 4) is 0 Å². The molecule has 3 N–H and O–H groups in total. The zero-order valence-corrected chi connectivity index (χ0v) is 20.3. The van der Waals surface area contributed by atoms with Crippen molar-refractivity contribution in [2.45, 2.75) is 49.5 Å². The summed E-state index contributed by atoms with van der Waals surface area (Å²) in [6.07, 6.45) is -2.21. The fraction of sp³-hybridized carbons (Fsp3) is 0.481. The summed E-state index contributed by atoms with van der Waals surface area (Å²) in [5.74, 6) is -1.72. The summed E-state index contributed by atoms with van der Waals surface area (Å²) in [5.41, 5.74) is -1.58. The average molecular weight is 522 g/mol. The third-order valence-electron chi connectivity index (χ3n) is 7.51. The van der Waals surface area contributed by atoms with Gasteiger partial charge in [-0.1, -0.05) is 36.4 Å². The number of hydrogen-bond donors (Lipinski definition) is 3. The first-order valence-corrected chi connectivity index (χ1v) is 12.4. The summed E-state index contributed by atoms with van der Waals surface area (Å²) >= 11 is 0. The first-order valence-electron chi connectivity index (χ1n) is 12.4. The van der Waals surface area contributed by atoms with Gasteiger partial charge < -0.3 is 15.7 Å². The van der Waals surface area contributed by atoms with Crippen molar-refractivity contribution in [1.82, 2.24) is 15.5 Å². The van der Waals surface area contributed by atoms with Gasteiger partial charge in [0.2, 0.25) is 5.91 Å². The van der Waals surface area contributed by atoms with Gasteiger partial charge in [0.15, 0.2) is 0 Å². The van der Waals surface area contributed by atoms with Crippen LogP contribution in [0.2, 0.25) is 0 Å². The highest BCUT2D eigenvalue weighted by molar-refractivity contribution is 5.96. The lowest BCUT2D eigenvalue weighted by Crippen LogP contribution is -2.49. The van der Waals surface area contributed by atoms with Crippen LogP contribution in [0.5, 0.6) is 0 Å². The molecule has 37 heavy (non-hydrogen) atoms. The molecule has 1 saturated heterocycles. The predicted molar refractivity (Wildman–Crippen MR) is 129 cm³/mol. The molecule has 10 heteroatoms. The van der Waals surface area contributed by atoms with E-state index in [-0.39, 0.29) is 24.2 Å². The minimum absolute atomic E-state index is 0.0900. The van der Waals surface area contributed by atoms with E-state index in [2.05, 4.69) is 15.5 Å². The highest BCUT2D eigenvalue weighted by Gasteiger charge is 2.45. The van der Waals surface area contributed by atoms with Crippen LogP contribution in [-0.4, -0.2) is 60.2 Å². The van der Waals surface area contributed by atoms with Gasteiger partial charge in [0.25, 0.3) is 5.91 Å². The van der Waals surface area contributed by atoms with Gasteiger partial charge in [0, 0.05) is 36.7 Å². The fourth-order valence-electron chi connectivity index (χ4n) is 5.48. The largest absolute Gasteiger partial charge is 0.416 e. The van der Waals surface area contributed by atoms with Gasteiger partial charge >= 0.3 is 6.18 Å². The van der Waals surface area contributed by atoms with Gasteiger partial charge in [0.05, 0.1) is 24.4 Å². The first kappa shape index (κ1) is 27.1. The molecule has 0 bridgehead atoms. The van der Waals surface area contributed by atoms with E-state index in [1.165, 1.54) is 6.07 Å². The number of rotatable bonds is 7. The van der Waals surface area contributed by atoms with Gasteiger partial charge in [-0.15, -0.1) is 0 Å². The van der Waals surface area contributed by atoms with Crippen LogP contribution in [0.15, 0.2) is 54.6 Å². The molecule has 4 atom stereocenters. The molecule has 0 radical (unpaired) electrons. The van der Waals surface area contributed by atoms with E-state index in [1.807, 2.05) is 30.3 Å². The number of likely N-dealkylation sites (tertiary alicyclic amines) is 1. The van der Waals surface area contributed by atoms with Crippen molar-refractivity contribution < 1.29 is 32.3 Å².